The van der Waals surface area contributed by atoms with Crippen LogP contribution >= 0.6 is 11.6 Å². The van der Waals surface area contributed by atoms with E-state index in [0.29, 0.717) is 34.8 Å². The molecule has 1 saturated carbocycles. The summed E-state index contributed by atoms with van der Waals surface area (Å²) in [5.74, 6) is 2.54. The van der Waals surface area contributed by atoms with Gasteiger partial charge in [0.25, 0.3) is 0 Å². The minimum Gasteiger partial charge on any atom is -0.368 e. The summed E-state index contributed by atoms with van der Waals surface area (Å²) in [5, 5.41) is 4.49. The summed E-state index contributed by atoms with van der Waals surface area (Å²) >= 11 is 6.23. The van der Waals surface area contributed by atoms with Crippen LogP contribution in [-0.2, 0) is 6.54 Å². The molecule has 0 spiro atoms. The van der Waals surface area contributed by atoms with Gasteiger partial charge in [0.15, 0.2) is 11.6 Å². The zero-order chi connectivity index (χ0) is 15.0. The van der Waals surface area contributed by atoms with E-state index in [1.807, 2.05) is 11.9 Å². The molecule has 3 rings (SSSR count). The van der Waals surface area contributed by atoms with Crippen molar-refractivity contribution >= 4 is 23.4 Å². The van der Waals surface area contributed by atoms with Crippen molar-refractivity contribution < 1.29 is 4.52 Å². The molecule has 2 heterocycles. The highest BCUT2D eigenvalue weighted by Crippen LogP contribution is 2.35. The summed E-state index contributed by atoms with van der Waals surface area (Å²) < 4.78 is 5.30. The van der Waals surface area contributed by atoms with E-state index in [4.69, 9.17) is 21.9 Å². The van der Waals surface area contributed by atoms with Crippen molar-refractivity contribution in [2.45, 2.75) is 38.6 Å². The van der Waals surface area contributed by atoms with Gasteiger partial charge in [-0.2, -0.15) is 9.97 Å². The van der Waals surface area contributed by atoms with E-state index in [1.165, 1.54) is 6.42 Å². The lowest BCUT2D eigenvalue weighted by molar-refractivity contribution is 0.291. The third-order valence-electron chi connectivity index (χ3n) is 3.70. The Morgan fingerprint density at radius 1 is 1.33 bits per heavy atom. The molecule has 0 saturated heterocycles. The average molecular weight is 309 g/mol. The predicted octanol–water partition coefficient (Wildman–Crippen LogP) is 2.31. The lowest BCUT2D eigenvalue weighted by Gasteiger charge is -2.20. The molecule has 1 fully saturated rings. The molecule has 21 heavy (non-hydrogen) atoms. The van der Waals surface area contributed by atoms with Crippen LogP contribution in [0.1, 0.15) is 42.6 Å². The van der Waals surface area contributed by atoms with Gasteiger partial charge in [-0.05, 0) is 19.8 Å². The van der Waals surface area contributed by atoms with Gasteiger partial charge in [-0.15, -0.1) is 0 Å². The van der Waals surface area contributed by atoms with Crippen molar-refractivity contribution in [3.05, 3.63) is 22.4 Å². The van der Waals surface area contributed by atoms with E-state index in [9.17, 15) is 0 Å². The minimum atomic E-state index is 0.196. The number of hydrogen-bond donors (Lipinski definition) is 1. The van der Waals surface area contributed by atoms with Gasteiger partial charge >= 0.3 is 0 Å². The van der Waals surface area contributed by atoms with E-state index in [1.54, 1.807) is 6.92 Å². The number of nitrogen functional groups attached to an aromatic ring is 1. The maximum Gasteiger partial charge on any atom is 0.229 e. The first-order chi connectivity index (χ1) is 10.0. The van der Waals surface area contributed by atoms with Crippen LogP contribution in [0.3, 0.4) is 0 Å². The molecule has 0 unspecified atom stereocenters. The molecule has 0 aromatic carbocycles. The molecular formula is C13H17ClN6O. The fourth-order valence-corrected chi connectivity index (χ4v) is 2.49. The van der Waals surface area contributed by atoms with Gasteiger partial charge in [-0.1, -0.05) is 23.2 Å². The fraction of sp³-hybridized carbons (Fsp3) is 0.538. The van der Waals surface area contributed by atoms with E-state index >= 15 is 0 Å². The topological polar surface area (TPSA) is 94.0 Å². The smallest absolute Gasteiger partial charge is 0.229 e. The average Bonchev–Trinajstić information content (AvgIpc) is 2.79. The Kier molecular flexibility index (Phi) is 3.67. The van der Waals surface area contributed by atoms with Gasteiger partial charge in [0, 0.05) is 13.0 Å². The Labute approximate surface area is 127 Å². The number of aromatic nitrogens is 4. The van der Waals surface area contributed by atoms with Crippen LogP contribution in [0.2, 0.25) is 5.02 Å². The number of halogens is 1. The monoisotopic (exact) mass is 308 g/mol. The summed E-state index contributed by atoms with van der Waals surface area (Å²) in [5.41, 5.74) is 6.32. The van der Waals surface area contributed by atoms with E-state index in [0.717, 1.165) is 18.7 Å². The molecule has 0 amide bonds. The Morgan fingerprint density at radius 2 is 2.10 bits per heavy atom. The summed E-state index contributed by atoms with van der Waals surface area (Å²) in [7, 11) is 1.85. The standard InChI is InChI=1S/C13H17ClN6O/c1-7-10(14)11(18-13(15)16-7)20(2)6-9-17-12(21-19-9)8-4-3-5-8/h8H,3-6H2,1-2H3,(H2,15,16,18). The Morgan fingerprint density at radius 3 is 2.76 bits per heavy atom. The first kappa shape index (κ1) is 14.1. The highest BCUT2D eigenvalue weighted by atomic mass is 35.5. The molecule has 8 heteroatoms. The second-order valence-corrected chi connectivity index (χ2v) is 5.72. The summed E-state index contributed by atoms with van der Waals surface area (Å²) in [6, 6.07) is 0. The van der Waals surface area contributed by atoms with E-state index in [-0.39, 0.29) is 5.95 Å². The zero-order valence-electron chi connectivity index (χ0n) is 12.0. The van der Waals surface area contributed by atoms with Gasteiger partial charge < -0.3 is 15.2 Å². The van der Waals surface area contributed by atoms with Gasteiger partial charge in [0.1, 0.15) is 5.02 Å². The van der Waals surface area contributed by atoms with Crippen molar-refractivity contribution in [2.24, 2.45) is 0 Å². The number of nitrogens with zero attached hydrogens (tertiary/aromatic N) is 5. The van der Waals surface area contributed by atoms with Crippen LogP contribution in [0, 0.1) is 6.92 Å². The lowest BCUT2D eigenvalue weighted by atomic mass is 9.85. The predicted molar refractivity (Wildman–Crippen MR) is 79.2 cm³/mol. The van der Waals surface area contributed by atoms with Crippen LogP contribution in [0.25, 0.3) is 0 Å². The maximum absolute atomic E-state index is 6.23. The van der Waals surface area contributed by atoms with Crippen molar-refractivity contribution in [2.75, 3.05) is 17.7 Å². The van der Waals surface area contributed by atoms with Gasteiger partial charge in [-0.25, -0.2) is 4.98 Å². The first-order valence-corrected chi connectivity index (χ1v) is 7.25. The third-order valence-corrected chi connectivity index (χ3v) is 4.14. The highest BCUT2D eigenvalue weighted by molar-refractivity contribution is 6.33. The van der Waals surface area contributed by atoms with Gasteiger partial charge in [0.2, 0.25) is 11.8 Å². The van der Waals surface area contributed by atoms with Crippen LogP contribution < -0.4 is 10.6 Å². The van der Waals surface area contributed by atoms with Crippen molar-refractivity contribution in [1.29, 1.82) is 0 Å². The zero-order valence-corrected chi connectivity index (χ0v) is 12.8. The third kappa shape index (κ3) is 2.78. The fourth-order valence-electron chi connectivity index (χ4n) is 2.26. The number of anilines is 2. The molecule has 2 N–H and O–H groups in total. The summed E-state index contributed by atoms with van der Waals surface area (Å²) in [6.45, 7) is 2.24. The van der Waals surface area contributed by atoms with Crippen LogP contribution in [0.15, 0.2) is 4.52 Å². The minimum absolute atomic E-state index is 0.196. The molecule has 112 valence electrons. The Hall–Kier alpha value is -1.89. The first-order valence-electron chi connectivity index (χ1n) is 6.88. The van der Waals surface area contributed by atoms with Crippen molar-refractivity contribution in [1.82, 2.24) is 20.1 Å². The lowest BCUT2D eigenvalue weighted by Crippen LogP contribution is -2.20. The SMILES string of the molecule is Cc1nc(N)nc(N(C)Cc2noc(C3CCC3)n2)c1Cl. The number of aryl methyl sites for hydroxylation is 1. The summed E-state index contributed by atoms with van der Waals surface area (Å²) in [6.07, 6.45) is 3.49. The normalized spacial score (nSPS) is 15.0. The number of rotatable bonds is 4. The van der Waals surface area contributed by atoms with Gasteiger partial charge in [0.05, 0.1) is 12.2 Å². The molecule has 0 atom stereocenters. The van der Waals surface area contributed by atoms with Crippen molar-refractivity contribution in [3.63, 3.8) is 0 Å². The van der Waals surface area contributed by atoms with Crippen LogP contribution in [0.5, 0.6) is 0 Å². The quantitative estimate of drug-likeness (QED) is 0.926. The van der Waals surface area contributed by atoms with Gasteiger partial charge in [-0.3, -0.25) is 0 Å². The maximum atomic E-state index is 6.23. The largest absolute Gasteiger partial charge is 0.368 e. The summed E-state index contributed by atoms with van der Waals surface area (Å²) in [4.78, 5) is 14.5. The number of hydrogen-bond acceptors (Lipinski definition) is 7. The molecule has 1 aliphatic rings. The molecule has 2 aromatic rings. The van der Waals surface area contributed by atoms with Crippen LogP contribution in [0.4, 0.5) is 11.8 Å². The highest BCUT2D eigenvalue weighted by Gasteiger charge is 2.25. The van der Waals surface area contributed by atoms with Crippen LogP contribution in [-0.4, -0.2) is 27.2 Å². The molecule has 0 radical (unpaired) electrons. The second kappa shape index (κ2) is 5.48. The Balaban J connectivity index is 1.76. The molecule has 7 nitrogen and oxygen atoms in total. The number of nitrogens with two attached hydrogens (primary N) is 1. The molecule has 1 aliphatic carbocycles. The molecule has 0 bridgehead atoms. The molecule has 2 aromatic heterocycles. The van der Waals surface area contributed by atoms with E-state index in [2.05, 4.69) is 20.1 Å². The Bertz CT molecular complexity index is 654. The molecule has 0 aliphatic heterocycles. The van der Waals surface area contributed by atoms with E-state index < -0.39 is 0 Å². The van der Waals surface area contributed by atoms with Crippen molar-refractivity contribution in [3.8, 4) is 0 Å². The molecular weight excluding hydrogens is 292 g/mol. The second-order valence-electron chi connectivity index (χ2n) is 5.34.